The van der Waals surface area contributed by atoms with Gasteiger partial charge in [-0.2, -0.15) is 5.10 Å². The lowest BCUT2D eigenvalue weighted by atomic mass is 10.1. The van der Waals surface area contributed by atoms with E-state index in [0.29, 0.717) is 12.6 Å². The molecule has 0 aliphatic heterocycles. The molecule has 2 aliphatic carbocycles. The van der Waals surface area contributed by atoms with Crippen LogP contribution in [0.25, 0.3) is 0 Å². The molecule has 0 bridgehead atoms. The van der Waals surface area contributed by atoms with Gasteiger partial charge in [0, 0.05) is 25.9 Å². The molecule has 1 amide bonds. The Hall–Kier alpha value is -1.36. The second-order valence-electron chi connectivity index (χ2n) is 6.24. The summed E-state index contributed by atoms with van der Waals surface area (Å²) in [6.07, 6.45) is 8.12. The van der Waals surface area contributed by atoms with Crippen LogP contribution in [-0.4, -0.2) is 40.3 Å². The van der Waals surface area contributed by atoms with E-state index in [1.54, 1.807) is 7.11 Å². The van der Waals surface area contributed by atoms with Crippen LogP contribution in [0.3, 0.4) is 0 Å². The van der Waals surface area contributed by atoms with Crippen molar-refractivity contribution in [2.45, 2.75) is 57.5 Å². The SMILES string of the molecule is COCC(=O)N(Cc1nn(C)c2c1CCC2)C1CCCC1. The molecular formula is C16H25N3O2. The van der Waals surface area contributed by atoms with Crippen LogP contribution < -0.4 is 0 Å². The Labute approximate surface area is 126 Å². The van der Waals surface area contributed by atoms with Gasteiger partial charge in [0.25, 0.3) is 0 Å². The van der Waals surface area contributed by atoms with Gasteiger partial charge in [0.1, 0.15) is 6.61 Å². The highest BCUT2D eigenvalue weighted by atomic mass is 16.5. The Bertz CT molecular complexity index is 518. The minimum Gasteiger partial charge on any atom is -0.375 e. The third kappa shape index (κ3) is 2.84. The van der Waals surface area contributed by atoms with Gasteiger partial charge >= 0.3 is 0 Å². The number of ether oxygens (including phenoxy) is 1. The summed E-state index contributed by atoms with van der Waals surface area (Å²) < 4.78 is 7.07. The standard InChI is InChI=1S/C16H25N3O2/c1-18-15-9-5-8-13(15)14(17-18)10-19(16(20)11-21-2)12-6-3-4-7-12/h12H,3-11H2,1-2H3. The molecule has 0 N–H and O–H groups in total. The molecule has 1 aromatic heterocycles. The van der Waals surface area contributed by atoms with Gasteiger partial charge in [-0.05, 0) is 37.7 Å². The Morgan fingerprint density at radius 1 is 1.33 bits per heavy atom. The largest absolute Gasteiger partial charge is 0.375 e. The lowest BCUT2D eigenvalue weighted by Gasteiger charge is -2.28. The lowest BCUT2D eigenvalue weighted by Crippen LogP contribution is -2.40. The van der Waals surface area contributed by atoms with Crippen LogP contribution in [0.15, 0.2) is 0 Å². The number of aromatic nitrogens is 2. The summed E-state index contributed by atoms with van der Waals surface area (Å²) in [5.41, 5.74) is 3.84. The maximum Gasteiger partial charge on any atom is 0.249 e. The van der Waals surface area contributed by atoms with E-state index in [1.807, 2.05) is 16.6 Å². The molecule has 0 radical (unpaired) electrons. The molecule has 5 heteroatoms. The minimum absolute atomic E-state index is 0.0989. The van der Waals surface area contributed by atoms with E-state index in [2.05, 4.69) is 5.10 Å². The average Bonchev–Trinajstić information content (AvgIpc) is 3.16. The normalized spacial score (nSPS) is 18.2. The zero-order chi connectivity index (χ0) is 14.8. The fraction of sp³-hybridized carbons (Fsp3) is 0.750. The van der Waals surface area contributed by atoms with Crippen molar-refractivity contribution in [3.8, 4) is 0 Å². The second-order valence-corrected chi connectivity index (χ2v) is 6.24. The molecule has 5 nitrogen and oxygen atoms in total. The summed E-state index contributed by atoms with van der Waals surface area (Å²) in [7, 11) is 3.60. The predicted molar refractivity (Wildman–Crippen MR) is 79.9 cm³/mol. The van der Waals surface area contributed by atoms with Crippen molar-refractivity contribution < 1.29 is 9.53 Å². The zero-order valence-corrected chi connectivity index (χ0v) is 13.1. The maximum absolute atomic E-state index is 12.4. The highest BCUT2D eigenvalue weighted by Gasteiger charge is 2.29. The van der Waals surface area contributed by atoms with Crippen molar-refractivity contribution in [3.63, 3.8) is 0 Å². The van der Waals surface area contributed by atoms with E-state index in [4.69, 9.17) is 4.74 Å². The molecule has 0 atom stereocenters. The smallest absolute Gasteiger partial charge is 0.249 e. The molecule has 116 valence electrons. The van der Waals surface area contributed by atoms with Crippen molar-refractivity contribution in [1.29, 1.82) is 0 Å². The lowest BCUT2D eigenvalue weighted by molar-refractivity contribution is -0.138. The van der Waals surface area contributed by atoms with Crippen LogP contribution in [0.4, 0.5) is 0 Å². The topological polar surface area (TPSA) is 47.4 Å². The number of nitrogens with zero attached hydrogens (tertiary/aromatic N) is 3. The van der Waals surface area contributed by atoms with Gasteiger partial charge in [0.2, 0.25) is 5.91 Å². The van der Waals surface area contributed by atoms with Gasteiger partial charge in [-0.1, -0.05) is 12.8 Å². The molecule has 2 aliphatic rings. The Morgan fingerprint density at radius 3 is 2.81 bits per heavy atom. The number of carbonyl (C=O) groups excluding carboxylic acids is 1. The molecule has 1 heterocycles. The number of rotatable bonds is 5. The molecule has 0 unspecified atom stereocenters. The van der Waals surface area contributed by atoms with Gasteiger partial charge < -0.3 is 9.64 Å². The summed E-state index contributed by atoms with van der Waals surface area (Å²) in [6, 6.07) is 0.367. The van der Waals surface area contributed by atoms with Crippen LogP contribution in [-0.2, 0) is 36.0 Å². The van der Waals surface area contributed by atoms with Gasteiger partial charge in [-0.3, -0.25) is 9.48 Å². The number of aryl methyl sites for hydroxylation is 1. The van der Waals surface area contributed by atoms with Crippen LogP contribution >= 0.6 is 0 Å². The molecule has 0 saturated heterocycles. The first-order valence-corrected chi connectivity index (χ1v) is 8.02. The third-order valence-electron chi connectivity index (χ3n) is 4.87. The molecule has 0 aromatic carbocycles. The highest BCUT2D eigenvalue weighted by Crippen LogP contribution is 2.29. The second kappa shape index (κ2) is 6.18. The Morgan fingerprint density at radius 2 is 2.10 bits per heavy atom. The first-order valence-electron chi connectivity index (χ1n) is 8.02. The van der Waals surface area contributed by atoms with E-state index >= 15 is 0 Å². The third-order valence-corrected chi connectivity index (χ3v) is 4.87. The van der Waals surface area contributed by atoms with E-state index < -0.39 is 0 Å². The fourth-order valence-electron chi connectivity index (χ4n) is 3.83. The quantitative estimate of drug-likeness (QED) is 0.831. The Kier molecular flexibility index (Phi) is 4.29. The average molecular weight is 291 g/mol. The summed E-state index contributed by atoms with van der Waals surface area (Å²) in [6.45, 7) is 0.821. The van der Waals surface area contributed by atoms with Crippen molar-refractivity contribution >= 4 is 5.91 Å². The van der Waals surface area contributed by atoms with Gasteiger partial charge in [-0.25, -0.2) is 0 Å². The number of carbonyl (C=O) groups is 1. The van der Waals surface area contributed by atoms with E-state index in [-0.39, 0.29) is 12.5 Å². The van der Waals surface area contributed by atoms with Gasteiger partial charge in [0.05, 0.1) is 12.2 Å². The van der Waals surface area contributed by atoms with Gasteiger partial charge in [0.15, 0.2) is 0 Å². The van der Waals surface area contributed by atoms with Crippen LogP contribution in [0, 0.1) is 0 Å². The molecule has 3 rings (SSSR count). The monoisotopic (exact) mass is 291 g/mol. The van der Waals surface area contributed by atoms with E-state index in [9.17, 15) is 4.79 Å². The van der Waals surface area contributed by atoms with Crippen LogP contribution in [0.2, 0.25) is 0 Å². The number of amides is 1. The van der Waals surface area contributed by atoms with Crippen LogP contribution in [0.5, 0.6) is 0 Å². The molecule has 1 fully saturated rings. The number of hydrogen-bond acceptors (Lipinski definition) is 3. The molecule has 1 aromatic rings. The molecule has 1 saturated carbocycles. The van der Waals surface area contributed by atoms with Crippen molar-refractivity contribution in [2.75, 3.05) is 13.7 Å². The first kappa shape index (κ1) is 14.6. The number of fused-ring (bicyclic) bond motifs is 1. The van der Waals surface area contributed by atoms with Crippen LogP contribution in [0.1, 0.15) is 49.1 Å². The molecule has 21 heavy (non-hydrogen) atoms. The number of methoxy groups -OCH3 is 1. The predicted octanol–water partition coefficient (Wildman–Crippen LogP) is 1.83. The molecular weight excluding hydrogens is 266 g/mol. The number of hydrogen-bond donors (Lipinski definition) is 0. The molecule has 0 spiro atoms. The maximum atomic E-state index is 12.4. The van der Waals surface area contributed by atoms with Crippen molar-refractivity contribution in [2.24, 2.45) is 7.05 Å². The van der Waals surface area contributed by atoms with Gasteiger partial charge in [-0.15, -0.1) is 0 Å². The van der Waals surface area contributed by atoms with E-state index in [0.717, 1.165) is 31.4 Å². The van der Waals surface area contributed by atoms with E-state index in [1.165, 1.54) is 30.5 Å². The Balaban J connectivity index is 1.80. The van der Waals surface area contributed by atoms with Crippen molar-refractivity contribution in [1.82, 2.24) is 14.7 Å². The zero-order valence-electron chi connectivity index (χ0n) is 13.1. The minimum atomic E-state index is 0.0989. The summed E-state index contributed by atoms with van der Waals surface area (Å²) >= 11 is 0. The summed E-state index contributed by atoms with van der Waals surface area (Å²) in [5, 5.41) is 4.67. The van der Waals surface area contributed by atoms with Crippen molar-refractivity contribution in [3.05, 3.63) is 17.0 Å². The summed E-state index contributed by atoms with van der Waals surface area (Å²) in [4.78, 5) is 14.4. The first-order chi connectivity index (χ1) is 10.2. The highest BCUT2D eigenvalue weighted by molar-refractivity contribution is 5.77. The fourth-order valence-corrected chi connectivity index (χ4v) is 3.83. The summed E-state index contributed by atoms with van der Waals surface area (Å²) in [5.74, 6) is 0.0989.